The molecule has 0 spiro atoms. The van der Waals surface area contributed by atoms with Gasteiger partial charge in [0.2, 0.25) is 0 Å². The third-order valence-corrected chi connectivity index (χ3v) is 7.39. The van der Waals surface area contributed by atoms with Crippen molar-refractivity contribution in [1.82, 2.24) is 0 Å². The van der Waals surface area contributed by atoms with E-state index >= 15 is 0 Å². The number of phenols is 2. The Hall–Kier alpha value is -3.40. The van der Waals surface area contributed by atoms with Crippen LogP contribution < -0.4 is 0 Å². The van der Waals surface area contributed by atoms with Crippen LogP contribution in [0.4, 0.5) is 0 Å². The van der Waals surface area contributed by atoms with Gasteiger partial charge >= 0.3 is 0 Å². The Balaban J connectivity index is 1.47. The van der Waals surface area contributed by atoms with Crippen LogP contribution in [0.2, 0.25) is 0 Å². The molecular weight excluding hydrogens is 412 g/mol. The van der Waals surface area contributed by atoms with Gasteiger partial charge in [-0.15, -0.1) is 0 Å². The van der Waals surface area contributed by atoms with Crippen LogP contribution in [0, 0.1) is 5.92 Å². The number of fused-ring (bicyclic) bond motifs is 2. The quantitative estimate of drug-likeness (QED) is 0.350. The Bertz CT molecular complexity index is 1230. The molecule has 0 unspecified atom stereocenters. The zero-order valence-electron chi connectivity index (χ0n) is 18.8. The van der Waals surface area contributed by atoms with E-state index in [2.05, 4.69) is 19.1 Å². The van der Waals surface area contributed by atoms with Crippen molar-refractivity contribution in [2.24, 2.45) is 5.92 Å². The first-order valence-corrected chi connectivity index (χ1v) is 11.9. The average molecular weight is 441 g/mol. The van der Waals surface area contributed by atoms with Gasteiger partial charge in [-0.3, -0.25) is 9.59 Å². The van der Waals surface area contributed by atoms with Crippen LogP contribution in [0.1, 0.15) is 88.8 Å². The van der Waals surface area contributed by atoms with Crippen LogP contribution in [0.15, 0.2) is 54.6 Å². The van der Waals surface area contributed by atoms with Gasteiger partial charge < -0.3 is 10.2 Å². The number of phenolic OH excluding ortho intramolecular Hbond substituents is 2. The fourth-order valence-electron chi connectivity index (χ4n) is 5.61. The Morgan fingerprint density at radius 1 is 0.788 bits per heavy atom. The van der Waals surface area contributed by atoms with E-state index in [-0.39, 0.29) is 33.8 Å². The van der Waals surface area contributed by atoms with Crippen molar-refractivity contribution in [3.05, 3.63) is 82.4 Å². The average Bonchev–Trinajstić information content (AvgIpc) is 2.84. The van der Waals surface area contributed by atoms with Crippen molar-refractivity contribution >= 4 is 11.6 Å². The molecular formula is C29H28O4. The van der Waals surface area contributed by atoms with Gasteiger partial charge in [-0.1, -0.05) is 68.3 Å². The molecule has 33 heavy (non-hydrogen) atoms. The number of hydrogen-bond donors (Lipinski definition) is 2. The lowest BCUT2D eigenvalue weighted by Crippen LogP contribution is -2.21. The molecule has 4 nitrogen and oxygen atoms in total. The Kier molecular flexibility index (Phi) is 5.53. The lowest BCUT2D eigenvalue weighted by atomic mass is 9.77. The maximum atomic E-state index is 13.1. The highest BCUT2D eigenvalue weighted by Crippen LogP contribution is 2.44. The molecule has 2 aliphatic rings. The number of benzene rings is 3. The highest BCUT2D eigenvalue weighted by atomic mass is 16.3. The van der Waals surface area contributed by atoms with Crippen LogP contribution >= 0.6 is 0 Å². The lowest BCUT2D eigenvalue weighted by molar-refractivity contribution is 0.0974. The summed E-state index contributed by atoms with van der Waals surface area (Å²) in [5.41, 5.74) is 2.59. The van der Waals surface area contributed by atoms with Crippen LogP contribution in [-0.4, -0.2) is 21.8 Å². The van der Waals surface area contributed by atoms with E-state index in [1.807, 2.05) is 12.1 Å². The first kappa shape index (κ1) is 21.4. The smallest absolute Gasteiger partial charge is 0.198 e. The summed E-state index contributed by atoms with van der Waals surface area (Å²) < 4.78 is 0. The first-order chi connectivity index (χ1) is 16.0. The number of carbonyl (C=O) groups excluding carboxylic acids is 2. The summed E-state index contributed by atoms with van der Waals surface area (Å²) in [5.74, 6) is -0.0453. The molecule has 3 aromatic rings. The Morgan fingerprint density at radius 2 is 1.39 bits per heavy atom. The molecule has 5 rings (SSSR count). The zero-order chi connectivity index (χ0) is 23.1. The van der Waals surface area contributed by atoms with Gasteiger partial charge in [-0.05, 0) is 54.7 Å². The number of ketones is 2. The number of hydrogen-bond acceptors (Lipinski definition) is 4. The molecule has 1 saturated carbocycles. The largest absolute Gasteiger partial charge is 0.507 e. The van der Waals surface area contributed by atoms with Crippen molar-refractivity contribution in [1.29, 1.82) is 0 Å². The van der Waals surface area contributed by atoms with Gasteiger partial charge in [0.25, 0.3) is 0 Å². The van der Waals surface area contributed by atoms with Gasteiger partial charge in [0.15, 0.2) is 11.6 Å². The number of aromatic hydroxyl groups is 2. The lowest BCUT2D eigenvalue weighted by Gasteiger charge is -2.28. The predicted molar refractivity (Wildman–Crippen MR) is 128 cm³/mol. The number of carbonyl (C=O) groups is 2. The second-order valence-electron chi connectivity index (χ2n) is 9.37. The summed E-state index contributed by atoms with van der Waals surface area (Å²) in [6.45, 7) is 2.25. The molecule has 3 aromatic carbocycles. The van der Waals surface area contributed by atoms with E-state index in [0.717, 1.165) is 5.92 Å². The van der Waals surface area contributed by atoms with Crippen LogP contribution in [0.25, 0.3) is 11.1 Å². The summed E-state index contributed by atoms with van der Waals surface area (Å²) in [4.78, 5) is 26.1. The molecule has 2 N–H and O–H groups in total. The summed E-state index contributed by atoms with van der Waals surface area (Å²) in [7, 11) is 0. The van der Waals surface area contributed by atoms with E-state index in [0.29, 0.717) is 17.0 Å². The molecule has 4 heteroatoms. The van der Waals surface area contributed by atoms with Gasteiger partial charge in [0, 0.05) is 16.7 Å². The van der Waals surface area contributed by atoms with Gasteiger partial charge in [0.05, 0.1) is 11.1 Å². The van der Waals surface area contributed by atoms with E-state index in [4.69, 9.17) is 0 Å². The third kappa shape index (κ3) is 3.64. The minimum Gasteiger partial charge on any atom is -0.507 e. The maximum absolute atomic E-state index is 13.1. The van der Waals surface area contributed by atoms with Crippen LogP contribution in [0.5, 0.6) is 11.5 Å². The molecule has 0 amide bonds. The fraction of sp³-hybridized carbons (Fsp3) is 0.310. The Morgan fingerprint density at radius 3 is 2.00 bits per heavy atom. The van der Waals surface area contributed by atoms with Crippen molar-refractivity contribution < 1.29 is 19.8 Å². The van der Waals surface area contributed by atoms with Crippen molar-refractivity contribution in [2.75, 3.05) is 0 Å². The topological polar surface area (TPSA) is 74.6 Å². The fourth-order valence-corrected chi connectivity index (χ4v) is 5.61. The highest BCUT2D eigenvalue weighted by Gasteiger charge is 2.35. The molecule has 1 fully saturated rings. The van der Waals surface area contributed by atoms with Crippen LogP contribution in [0.3, 0.4) is 0 Å². The SMILES string of the molecule is CCC[C@H]1CC[C@H](c2ccc(-c3cc(O)c4c(c3O)C(=O)c3ccccc3C4=O)cc2)CC1. The van der Waals surface area contributed by atoms with Crippen molar-refractivity contribution in [3.8, 4) is 22.6 Å². The standard InChI is InChI=1S/C29H28O4/c1-2-5-17-8-10-18(11-9-17)19-12-14-20(15-13-19)23-16-24(30)25-26(29(23)33)28(32)22-7-4-3-6-21(22)27(25)31/h3-4,6-7,12-18,30,33H,2,5,8-11H2,1H3/t17-,18-. The van der Waals surface area contributed by atoms with Gasteiger partial charge in [-0.2, -0.15) is 0 Å². The van der Waals surface area contributed by atoms with Crippen molar-refractivity contribution in [2.45, 2.75) is 51.4 Å². The predicted octanol–water partition coefficient (Wildman–Crippen LogP) is 6.61. The summed E-state index contributed by atoms with van der Waals surface area (Å²) >= 11 is 0. The Labute approximate surface area is 193 Å². The van der Waals surface area contributed by atoms with E-state index in [1.165, 1.54) is 50.2 Å². The monoisotopic (exact) mass is 440 g/mol. The first-order valence-electron chi connectivity index (χ1n) is 11.9. The summed E-state index contributed by atoms with van der Waals surface area (Å²) in [6, 6.07) is 15.9. The minimum atomic E-state index is -0.450. The highest BCUT2D eigenvalue weighted by molar-refractivity contribution is 6.30. The minimum absolute atomic E-state index is 0.118. The molecule has 0 atom stereocenters. The van der Waals surface area contributed by atoms with Gasteiger partial charge in [-0.25, -0.2) is 0 Å². The van der Waals surface area contributed by atoms with E-state index in [9.17, 15) is 19.8 Å². The molecule has 0 aliphatic heterocycles. The molecule has 0 heterocycles. The number of rotatable bonds is 4. The van der Waals surface area contributed by atoms with E-state index in [1.54, 1.807) is 24.3 Å². The molecule has 168 valence electrons. The van der Waals surface area contributed by atoms with Crippen molar-refractivity contribution in [3.63, 3.8) is 0 Å². The molecule has 2 aliphatic carbocycles. The molecule has 0 bridgehead atoms. The summed E-state index contributed by atoms with van der Waals surface area (Å²) in [5, 5.41) is 21.7. The second kappa shape index (κ2) is 8.51. The second-order valence-corrected chi connectivity index (χ2v) is 9.37. The van der Waals surface area contributed by atoms with Gasteiger partial charge in [0.1, 0.15) is 11.5 Å². The zero-order valence-corrected chi connectivity index (χ0v) is 18.8. The van der Waals surface area contributed by atoms with Crippen LogP contribution in [-0.2, 0) is 0 Å². The molecule has 0 radical (unpaired) electrons. The normalized spacial score (nSPS) is 19.8. The summed E-state index contributed by atoms with van der Waals surface area (Å²) in [6.07, 6.45) is 7.52. The van der Waals surface area contributed by atoms with E-state index < -0.39 is 11.6 Å². The molecule has 0 saturated heterocycles. The third-order valence-electron chi connectivity index (χ3n) is 7.39. The maximum Gasteiger partial charge on any atom is 0.198 e. The molecule has 0 aromatic heterocycles.